The molecule has 0 saturated carbocycles. The van der Waals surface area contributed by atoms with Gasteiger partial charge in [-0.2, -0.15) is 0 Å². The van der Waals surface area contributed by atoms with Crippen molar-refractivity contribution in [1.29, 1.82) is 0 Å². The molecule has 1 aromatic heterocycles. The molecule has 3 N–H and O–H groups in total. The second-order valence-corrected chi connectivity index (χ2v) is 6.84. The highest BCUT2D eigenvalue weighted by Crippen LogP contribution is 2.16. The smallest absolute Gasteiger partial charge is 0.228 e. The molecule has 2 amide bonds. The topological polar surface area (TPSA) is 83.1 Å². The Bertz CT molecular complexity index is 519. The number of thiazole rings is 1. The monoisotopic (exact) mass is 396 g/mol. The fraction of sp³-hybridized carbons (Fsp3) is 0.667. The van der Waals surface area contributed by atoms with Crippen LogP contribution in [0.25, 0.3) is 0 Å². The lowest BCUT2D eigenvalue weighted by atomic mass is 10.00. The highest BCUT2D eigenvalue weighted by molar-refractivity contribution is 7.13. The van der Waals surface area contributed by atoms with Crippen LogP contribution >= 0.6 is 36.2 Å². The summed E-state index contributed by atoms with van der Waals surface area (Å²) in [4.78, 5) is 27.8. The molecule has 2 rings (SSSR count). The maximum atomic E-state index is 11.9. The van der Waals surface area contributed by atoms with Gasteiger partial charge in [0.1, 0.15) is 0 Å². The first kappa shape index (κ1) is 23.1. The SMILES string of the molecule is CC(C)C(=O)Nc1nc(CC(=O)NCC2CCCNC2)cs1.Cl.Cl. The molecular weight excluding hydrogens is 371 g/mol. The van der Waals surface area contributed by atoms with Crippen molar-refractivity contribution in [2.24, 2.45) is 11.8 Å². The number of rotatable bonds is 6. The number of halogens is 2. The van der Waals surface area contributed by atoms with Gasteiger partial charge in [0, 0.05) is 17.8 Å². The fourth-order valence-electron chi connectivity index (χ4n) is 2.28. The Balaban J connectivity index is 0.00000264. The summed E-state index contributed by atoms with van der Waals surface area (Å²) in [5, 5.41) is 11.4. The van der Waals surface area contributed by atoms with Crippen LogP contribution in [0.15, 0.2) is 5.38 Å². The number of piperidine rings is 1. The van der Waals surface area contributed by atoms with Gasteiger partial charge in [0.2, 0.25) is 11.8 Å². The van der Waals surface area contributed by atoms with Crippen molar-refractivity contribution < 1.29 is 9.59 Å². The van der Waals surface area contributed by atoms with Gasteiger partial charge >= 0.3 is 0 Å². The number of nitrogens with one attached hydrogen (secondary N) is 3. The Morgan fingerprint density at radius 3 is 2.79 bits per heavy atom. The van der Waals surface area contributed by atoms with E-state index in [1.165, 1.54) is 17.8 Å². The Kier molecular flexibility index (Phi) is 11.2. The van der Waals surface area contributed by atoms with E-state index in [2.05, 4.69) is 20.9 Å². The van der Waals surface area contributed by atoms with Crippen LogP contribution in [0.1, 0.15) is 32.4 Å². The number of hydrogen-bond donors (Lipinski definition) is 3. The number of nitrogens with zero attached hydrogens (tertiary/aromatic N) is 1. The summed E-state index contributed by atoms with van der Waals surface area (Å²) in [7, 11) is 0. The molecule has 1 saturated heterocycles. The molecule has 1 fully saturated rings. The average molecular weight is 397 g/mol. The summed E-state index contributed by atoms with van der Waals surface area (Å²) in [6, 6.07) is 0. The van der Waals surface area contributed by atoms with Crippen molar-refractivity contribution in [3.63, 3.8) is 0 Å². The summed E-state index contributed by atoms with van der Waals surface area (Å²) in [6.45, 7) is 6.43. The highest BCUT2D eigenvalue weighted by atomic mass is 35.5. The molecule has 2 heterocycles. The summed E-state index contributed by atoms with van der Waals surface area (Å²) < 4.78 is 0. The van der Waals surface area contributed by atoms with E-state index in [1.807, 2.05) is 19.2 Å². The largest absolute Gasteiger partial charge is 0.355 e. The molecule has 0 bridgehead atoms. The zero-order valence-corrected chi connectivity index (χ0v) is 16.4. The Morgan fingerprint density at radius 2 is 2.17 bits per heavy atom. The number of hydrogen-bond acceptors (Lipinski definition) is 5. The minimum atomic E-state index is -0.0836. The molecule has 24 heavy (non-hydrogen) atoms. The van der Waals surface area contributed by atoms with Gasteiger partial charge in [-0.15, -0.1) is 36.2 Å². The van der Waals surface area contributed by atoms with Crippen molar-refractivity contribution in [3.05, 3.63) is 11.1 Å². The number of aromatic nitrogens is 1. The quantitative estimate of drug-likeness (QED) is 0.688. The lowest BCUT2D eigenvalue weighted by Gasteiger charge is -2.22. The van der Waals surface area contributed by atoms with Crippen LogP contribution in [0.4, 0.5) is 5.13 Å². The zero-order valence-electron chi connectivity index (χ0n) is 14.0. The number of amides is 2. The second-order valence-electron chi connectivity index (χ2n) is 5.98. The Labute approximate surface area is 159 Å². The third-order valence-corrected chi connectivity index (χ3v) is 4.44. The first-order chi connectivity index (χ1) is 10.5. The van der Waals surface area contributed by atoms with E-state index in [9.17, 15) is 9.59 Å². The van der Waals surface area contributed by atoms with Crippen molar-refractivity contribution in [1.82, 2.24) is 15.6 Å². The number of anilines is 1. The summed E-state index contributed by atoms with van der Waals surface area (Å²) >= 11 is 1.35. The van der Waals surface area contributed by atoms with Gasteiger partial charge in [-0.05, 0) is 31.8 Å². The molecule has 0 aromatic carbocycles. The third-order valence-electron chi connectivity index (χ3n) is 3.63. The lowest BCUT2D eigenvalue weighted by Crippen LogP contribution is -2.38. The van der Waals surface area contributed by atoms with Gasteiger partial charge in [-0.25, -0.2) is 4.98 Å². The maximum Gasteiger partial charge on any atom is 0.228 e. The lowest BCUT2D eigenvalue weighted by molar-refractivity contribution is -0.120. The van der Waals surface area contributed by atoms with Gasteiger partial charge in [0.05, 0.1) is 12.1 Å². The van der Waals surface area contributed by atoms with E-state index in [4.69, 9.17) is 0 Å². The Hall–Kier alpha value is -0.890. The summed E-state index contributed by atoms with van der Waals surface area (Å²) in [6.07, 6.45) is 2.59. The third kappa shape index (κ3) is 7.79. The molecule has 0 spiro atoms. The summed E-state index contributed by atoms with van der Waals surface area (Å²) in [5.74, 6) is 0.363. The van der Waals surface area contributed by atoms with E-state index < -0.39 is 0 Å². The van der Waals surface area contributed by atoms with Gasteiger partial charge in [0.15, 0.2) is 5.13 Å². The van der Waals surface area contributed by atoms with Gasteiger partial charge < -0.3 is 16.0 Å². The van der Waals surface area contributed by atoms with Crippen LogP contribution in [-0.2, 0) is 16.0 Å². The van der Waals surface area contributed by atoms with Crippen molar-refractivity contribution in [2.75, 3.05) is 25.0 Å². The fourth-order valence-corrected chi connectivity index (χ4v) is 2.99. The molecule has 6 nitrogen and oxygen atoms in total. The predicted octanol–water partition coefficient (Wildman–Crippen LogP) is 2.24. The molecule has 0 aliphatic carbocycles. The van der Waals surface area contributed by atoms with E-state index in [-0.39, 0.29) is 49.0 Å². The molecule has 1 aliphatic rings. The van der Waals surface area contributed by atoms with Crippen LogP contribution in [0.3, 0.4) is 0 Å². The molecule has 1 aromatic rings. The zero-order chi connectivity index (χ0) is 15.9. The van der Waals surface area contributed by atoms with Crippen LogP contribution in [0, 0.1) is 11.8 Å². The molecule has 1 unspecified atom stereocenters. The summed E-state index contributed by atoms with van der Waals surface area (Å²) in [5.41, 5.74) is 0.698. The standard InChI is InChI=1S/C15H24N4O2S.2ClH/c1-10(2)14(21)19-15-18-12(9-22-15)6-13(20)17-8-11-4-3-5-16-7-11;;/h9-11,16H,3-8H2,1-2H3,(H,17,20)(H,18,19,21);2*1H. The van der Waals surface area contributed by atoms with Crippen LogP contribution in [0.2, 0.25) is 0 Å². The van der Waals surface area contributed by atoms with Crippen LogP contribution in [-0.4, -0.2) is 36.4 Å². The maximum absolute atomic E-state index is 11.9. The van der Waals surface area contributed by atoms with Crippen molar-refractivity contribution in [3.8, 4) is 0 Å². The molecular formula is C15H26Cl2N4O2S. The highest BCUT2D eigenvalue weighted by Gasteiger charge is 2.15. The van der Waals surface area contributed by atoms with Crippen molar-refractivity contribution >= 4 is 53.1 Å². The molecule has 0 radical (unpaired) electrons. The van der Waals surface area contributed by atoms with Crippen LogP contribution in [0.5, 0.6) is 0 Å². The van der Waals surface area contributed by atoms with E-state index in [0.29, 0.717) is 23.3 Å². The first-order valence-electron chi connectivity index (χ1n) is 7.77. The van der Waals surface area contributed by atoms with Crippen LogP contribution < -0.4 is 16.0 Å². The van der Waals surface area contributed by atoms with E-state index in [1.54, 1.807) is 0 Å². The second kappa shape index (κ2) is 11.6. The Morgan fingerprint density at radius 1 is 1.42 bits per heavy atom. The van der Waals surface area contributed by atoms with Gasteiger partial charge in [-0.1, -0.05) is 13.8 Å². The number of carbonyl (C=O) groups excluding carboxylic acids is 2. The average Bonchev–Trinajstić information content (AvgIpc) is 2.93. The van der Waals surface area contributed by atoms with E-state index >= 15 is 0 Å². The molecule has 1 aliphatic heterocycles. The minimum Gasteiger partial charge on any atom is -0.355 e. The van der Waals surface area contributed by atoms with Gasteiger partial charge in [-0.3, -0.25) is 9.59 Å². The van der Waals surface area contributed by atoms with Gasteiger partial charge in [0.25, 0.3) is 0 Å². The molecule has 138 valence electrons. The molecule has 9 heteroatoms. The van der Waals surface area contributed by atoms with Crippen molar-refractivity contribution in [2.45, 2.75) is 33.1 Å². The predicted molar refractivity (Wildman–Crippen MR) is 102 cm³/mol. The molecule has 1 atom stereocenters. The van der Waals surface area contributed by atoms with E-state index in [0.717, 1.165) is 19.5 Å². The number of carbonyl (C=O) groups is 2. The first-order valence-corrected chi connectivity index (χ1v) is 8.65. The minimum absolute atomic E-state index is 0. The normalized spacial score (nSPS) is 16.7.